The van der Waals surface area contributed by atoms with Crippen LogP contribution in [-0.2, 0) is 0 Å². The molecule has 0 saturated heterocycles. The Hall–Kier alpha value is 0.620. The van der Waals surface area contributed by atoms with Gasteiger partial charge in [-0.3, -0.25) is 0 Å². The van der Waals surface area contributed by atoms with Gasteiger partial charge in [-0.2, -0.15) is 13.2 Å². The van der Waals surface area contributed by atoms with E-state index in [9.17, 15) is 13.2 Å². The second-order valence-corrected chi connectivity index (χ2v) is 4.50. The second kappa shape index (κ2) is 6.13. The Kier molecular flexibility index (Phi) is 6.45. The molecule has 0 fully saturated rings. The SMILES string of the molecule is CC(CBr)CCCSC(F)(F)F. The molecule has 1 atom stereocenters. The average Bonchev–Trinajstić information content (AvgIpc) is 1.96. The number of halogens is 4. The molecule has 0 spiro atoms. The van der Waals surface area contributed by atoms with Gasteiger partial charge in [-0.1, -0.05) is 34.6 Å². The Morgan fingerprint density at radius 1 is 1.42 bits per heavy atom. The van der Waals surface area contributed by atoms with Crippen molar-refractivity contribution in [1.29, 1.82) is 0 Å². The molecule has 0 aromatic carbocycles. The Bertz CT molecular complexity index is 116. The first-order chi connectivity index (χ1) is 5.45. The third-order valence-corrected chi connectivity index (χ3v) is 3.30. The molecule has 0 aromatic rings. The predicted molar refractivity (Wildman–Crippen MR) is 50.7 cm³/mol. The first-order valence-electron chi connectivity index (χ1n) is 3.72. The highest BCUT2D eigenvalue weighted by Gasteiger charge is 2.27. The molecule has 74 valence electrons. The molecule has 0 heterocycles. The quantitative estimate of drug-likeness (QED) is 0.533. The molecular weight excluding hydrogens is 253 g/mol. The zero-order valence-electron chi connectivity index (χ0n) is 6.83. The minimum absolute atomic E-state index is 0.0707. The van der Waals surface area contributed by atoms with Crippen LogP contribution in [0.5, 0.6) is 0 Å². The fraction of sp³-hybridized carbons (Fsp3) is 1.00. The fourth-order valence-electron chi connectivity index (χ4n) is 0.697. The largest absolute Gasteiger partial charge is 0.441 e. The Balaban J connectivity index is 3.22. The Labute approximate surface area is 83.4 Å². The molecule has 0 N–H and O–H groups in total. The van der Waals surface area contributed by atoms with Crippen molar-refractivity contribution in [1.82, 2.24) is 0 Å². The summed E-state index contributed by atoms with van der Waals surface area (Å²) >= 11 is 3.35. The van der Waals surface area contributed by atoms with E-state index in [1.54, 1.807) is 0 Å². The lowest BCUT2D eigenvalue weighted by Gasteiger charge is -2.07. The summed E-state index contributed by atoms with van der Waals surface area (Å²) in [5.74, 6) is 0.653. The molecule has 0 nitrogen and oxygen atoms in total. The average molecular weight is 265 g/mol. The molecule has 5 heteroatoms. The van der Waals surface area contributed by atoms with Crippen molar-refractivity contribution < 1.29 is 13.2 Å². The normalized spacial score (nSPS) is 14.8. The highest BCUT2D eigenvalue weighted by atomic mass is 79.9. The van der Waals surface area contributed by atoms with Gasteiger partial charge in [-0.15, -0.1) is 0 Å². The summed E-state index contributed by atoms with van der Waals surface area (Å²) in [4.78, 5) is 0. The van der Waals surface area contributed by atoms with Crippen molar-refractivity contribution in [3.8, 4) is 0 Å². The van der Waals surface area contributed by atoms with E-state index in [4.69, 9.17) is 0 Å². The van der Waals surface area contributed by atoms with E-state index in [0.29, 0.717) is 12.3 Å². The van der Waals surface area contributed by atoms with Crippen molar-refractivity contribution in [3.05, 3.63) is 0 Å². The van der Waals surface area contributed by atoms with Crippen LogP contribution in [0.15, 0.2) is 0 Å². The van der Waals surface area contributed by atoms with E-state index < -0.39 is 5.51 Å². The molecule has 0 bridgehead atoms. The van der Waals surface area contributed by atoms with Crippen molar-refractivity contribution in [2.24, 2.45) is 5.92 Å². The molecule has 0 amide bonds. The van der Waals surface area contributed by atoms with E-state index in [0.717, 1.165) is 11.8 Å². The van der Waals surface area contributed by atoms with Gasteiger partial charge in [0.1, 0.15) is 0 Å². The maximum atomic E-state index is 11.6. The number of thioether (sulfide) groups is 1. The third kappa shape index (κ3) is 8.71. The summed E-state index contributed by atoms with van der Waals surface area (Å²) in [6.07, 6.45) is 1.49. The first kappa shape index (κ1) is 12.6. The van der Waals surface area contributed by atoms with Crippen molar-refractivity contribution in [2.45, 2.75) is 25.3 Å². The van der Waals surface area contributed by atoms with Gasteiger partial charge in [0, 0.05) is 11.1 Å². The molecule has 0 aliphatic rings. The lowest BCUT2D eigenvalue weighted by Crippen LogP contribution is -2.03. The maximum absolute atomic E-state index is 11.6. The summed E-state index contributed by atoms with van der Waals surface area (Å²) in [7, 11) is 0. The Morgan fingerprint density at radius 2 is 2.00 bits per heavy atom. The van der Waals surface area contributed by atoms with E-state index in [1.807, 2.05) is 6.92 Å². The molecule has 0 radical (unpaired) electrons. The molecule has 0 saturated carbocycles. The smallest absolute Gasteiger partial charge is 0.160 e. The minimum atomic E-state index is -4.06. The summed E-state index contributed by atoms with van der Waals surface area (Å²) in [6, 6.07) is 0. The first-order valence-corrected chi connectivity index (χ1v) is 5.83. The third-order valence-electron chi connectivity index (χ3n) is 1.37. The van der Waals surface area contributed by atoms with Crippen molar-refractivity contribution in [3.63, 3.8) is 0 Å². The molecular formula is C7H12BrF3S. The predicted octanol–water partition coefficient (Wildman–Crippen LogP) is 4.05. The van der Waals surface area contributed by atoms with E-state index in [-0.39, 0.29) is 17.5 Å². The van der Waals surface area contributed by atoms with Gasteiger partial charge in [0.25, 0.3) is 0 Å². The van der Waals surface area contributed by atoms with Crippen molar-refractivity contribution >= 4 is 27.7 Å². The van der Waals surface area contributed by atoms with Gasteiger partial charge in [0.15, 0.2) is 0 Å². The van der Waals surface area contributed by atoms with Crippen LogP contribution in [0.2, 0.25) is 0 Å². The number of rotatable bonds is 5. The zero-order chi connectivity index (χ0) is 9.61. The molecule has 0 aliphatic carbocycles. The van der Waals surface area contributed by atoms with Crippen LogP contribution in [0.4, 0.5) is 13.2 Å². The lowest BCUT2D eigenvalue weighted by molar-refractivity contribution is -0.0328. The van der Waals surface area contributed by atoms with Crippen LogP contribution in [0.25, 0.3) is 0 Å². The number of alkyl halides is 4. The molecule has 0 rings (SSSR count). The van der Waals surface area contributed by atoms with Gasteiger partial charge in [0.05, 0.1) is 0 Å². The molecule has 0 aliphatic heterocycles. The standard InChI is InChI=1S/C7H12BrF3S/c1-6(5-8)3-2-4-12-7(9,10)11/h6H,2-5H2,1H3. The van der Waals surface area contributed by atoms with Crippen LogP contribution < -0.4 is 0 Å². The van der Waals surface area contributed by atoms with Crippen LogP contribution >= 0.6 is 27.7 Å². The monoisotopic (exact) mass is 264 g/mol. The van der Waals surface area contributed by atoms with Gasteiger partial charge >= 0.3 is 5.51 Å². The van der Waals surface area contributed by atoms with Gasteiger partial charge in [0.2, 0.25) is 0 Å². The summed E-state index contributed by atoms with van der Waals surface area (Å²) in [6.45, 7) is 2.02. The summed E-state index contributed by atoms with van der Waals surface area (Å²) in [5, 5.41) is 0.865. The van der Waals surface area contributed by atoms with Gasteiger partial charge in [-0.05, 0) is 18.8 Å². The maximum Gasteiger partial charge on any atom is 0.441 e. The zero-order valence-corrected chi connectivity index (χ0v) is 9.23. The highest BCUT2D eigenvalue weighted by molar-refractivity contribution is 9.09. The topological polar surface area (TPSA) is 0 Å². The summed E-state index contributed by atoms with van der Waals surface area (Å²) < 4.78 is 34.8. The van der Waals surface area contributed by atoms with Crippen LogP contribution in [-0.4, -0.2) is 16.6 Å². The van der Waals surface area contributed by atoms with Crippen LogP contribution in [0.3, 0.4) is 0 Å². The molecule has 12 heavy (non-hydrogen) atoms. The van der Waals surface area contributed by atoms with E-state index >= 15 is 0 Å². The Morgan fingerprint density at radius 3 is 2.42 bits per heavy atom. The van der Waals surface area contributed by atoms with Gasteiger partial charge < -0.3 is 0 Å². The highest BCUT2D eigenvalue weighted by Crippen LogP contribution is 2.31. The minimum Gasteiger partial charge on any atom is -0.160 e. The second-order valence-electron chi connectivity index (χ2n) is 2.70. The van der Waals surface area contributed by atoms with Crippen LogP contribution in [0, 0.1) is 5.92 Å². The number of hydrogen-bond donors (Lipinski definition) is 0. The molecule has 0 aromatic heterocycles. The van der Waals surface area contributed by atoms with E-state index in [2.05, 4.69) is 15.9 Å². The van der Waals surface area contributed by atoms with Crippen LogP contribution in [0.1, 0.15) is 19.8 Å². The number of hydrogen-bond acceptors (Lipinski definition) is 1. The molecule has 1 unspecified atom stereocenters. The van der Waals surface area contributed by atoms with Crippen molar-refractivity contribution in [2.75, 3.05) is 11.1 Å². The van der Waals surface area contributed by atoms with E-state index in [1.165, 1.54) is 0 Å². The summed E-state index contributed by atoms with van der Waals surface area (Å²) in [5.41, 5.74) is -4.06. The lowest BCUT2D eigenvalue weighted by atomic mass is 10.1. The van der Waals surface area contributed by atoms with Gasteiger partial charge in [-0.25, -0.2) is 0 Å². The fourth-order valence-corrected chi connectivity index (χ4v) is 1.56.